The topological polar surface area (TPSA) is 289 Å². The maximum Gasteiger partial charge on any atom is 0.475 e. The van der Waals surface area contributed by atoms with Gasteiger partial charge in [-0.2, -0.15) is 10.2 Å². The fourth-order valence-electron chi connectivity index (χ4n) is 8.61. The number of nitro benzene ring substituents is 1. The number of hydrogen-bond acceptors (Lipinski definition) is 18. The summed E-state index contributed by atoms with van der Waals surface area (Å²) in [4.78, 5) is 70.7. The molecule has 7 heterocycles. The van der Waals surface area contributed by atoms with Crippen LogP contribution in [0.1, 0.15) is 41.0 Å². The number of carbonyl (C=O) groups excluding carboxylic acids is 1. The van der Waals surface area contributed by atoms with Crippen LogP contribution in [0.4, 0.5) is 15.9 Å². The number of nitriles is 1. The highest BCUT2D eigenvalue weighted by atomic mass is 32.5. The Morgan fingerprint density at radius 2 is 1.78 bits per heavy atom. The van der Waals surface area contributed by atoms with Crippen LogP contribution in [0, 0.1) is 33.3 Å². The van der Waals surface area contributed by atoms with Gasteiger partial charge >= 0.3 is 14.5 Å². The number of nitrogens with zero attached hydrogens (tertiary/aromatic N) is 11. The van der Waals surface area contributed by atoms with Crippen molar-refractivity contribution >= 4 is 71.9 Å². The Morgan fingerprint density at radius 3 is 2.57 bits per heavy atom. The molecule has 2 saturated heterocycles. The SMILES string of the molecule is N#CCCOP1(=O)OC[C@H]2C[C@@H](n3cnc4c(=O)n5ccn(CCc6ccc([N+](=O)[O-])cc6)c5nc43)[C@@H]2COP(O)(=S)OC[C@H]2O[C@@H](n3cnc4c(NC(=O)c5ccccc5)ncnc43)[C@H](F)[C@@H]2O1. The molecule has 1 saturated carbocycles. The van der Waals surface area contributed by atoms with Crippen LogP contribution in [0.25, 0.3) is 28.1 Å². The maximum atomic E-state index is 16.9. The average molecular weight is 1000 g/mol. The Morgan fingerprint density at radius 1 is 1.01 bits per heavy atom. The van der Waals surface area contributed by atoms with E-state index >= 15 is 4.39 Å². The molecule has 3 aliphatic rings. The number of aromatic nitrogens is 9. The van der Waals surface area contributed by atoms with Gasteiger partial charge in [-0.3, -0.25) is 37.8 Å². The molecule has 24 nitrogen and oxygen atoms in total. The molecule has 358 valence electrons. The second kappa shape index (κ2) is 18.9. The molecular weight excluding hydrogens is 966 g/mol. The highest BCUT2D eigenvalue weighted by Crippen LogP contribution is 2.58. The summed E-state index contributed by atoms with van der Waals surface area (Å²) in [7, 11) is -4.72. The van der Waals surface area contributed by atoms with Gasteiger partial charge in [-0.15, -0.1) is 0 Å². The van der Waals surface area contributed by atoms with Crippen molar-refractivity contribution in [3.63, 3.8) is 0 Å². The van der Waals surface area contributed by atoms with Gasteiger partial charge in [-0.1, -0.05) is 30.3 Å². The van der Waals surface area contributed by atoms with Crippen LogP contribution in [0.2, 0.25) is 0 Å². The number of rotatable bonds is 11. The van der Waals surface area contributed by atoms with Crippen LogP contribution in [0.3, 0.4) is 0 Å². The van der Waals surface area contributed by atoms with Crippen LogP contribution in [-0.4, -0.2) is 104 Å². The van der Waals surface area contributed by atoms with Crippen molar-refractivity contribution in [2.75, 3.05) is 31.7 Å². The second-order valence-electron chi connectivity index (χ2n) is 16.3. The molecule has 7 aromatic rings. The number of fused-ring (bicyclic) bond motifs is 5. The number of carbonyl (C=O) groups is 1. The molecule has 10 rings (SSSR count). The fourth-order valence-corrected chi connectivity index (χ4v) is 11.2. The number of halogens is 1. The van der Waals surface area contributed by atoms with E-state index in [2.05, 4.69) is 25.3 Å². The van der Waals surface area contributed by atoms with E-state index in [1.54, 1.807) is 64.0 Å². The van der Waals surface area contributed by atoms with E-state index in [0.717, 1.165) is 11.9 Å². The third-order valence-corrected chi connectivity index (χ3v) is 15.3. The monoisotopic (exact) mass is 1000 g/mol. The normalized spacial score (nSPS) is 27.3. The molecule has 0 spiro atoms. The third-order valence-electron chi connectivity index (χ3n) is 12.2. The van der Waals surface area contributed by atoms with Gasteiger partial charge in [0.1, 0.15) is 18.5 Å². The Bertz CT molecular complexity index is 3300. The number of ether oxygens (including phenoxy) is 1. The number of non-ortho nitro benzene ring substituents is 1. The molecule has 69 heavy (non-hydrogen) atoms. The van der Waals surface area contributed by atoms with Crippen molar-refractivity contribution < 1.29 is 50.9 Å². The largest absolute Gasteiger partial charge is 0.475 e. The molecule has 9 atom stereocenters. The number of amides is 1. The van der Waals surface area contributed by atoms with Crippen molar-refractivity contribution in [3.05, 3.63) is 118 Å². The molecule has 2 aliphatic heterocycles. The number of nitro groups is 1. The minimum atomic E-state index is -4.72. The molecule has 0 radical (unpaired) electrons. The highest BCUT2D eigenvalue weighted by Gasteiger charge is 2.53. The lowest BCUT2D eigenvalue weighted by Gasteiger charge is -2.45. The van der Waals surface area contributed by atoms with Crippen molar-refractivity contribution in [1.82, 2.24) is 43.0 Å². The van der Waals surface area contributed by atoms with Crippen molar-refractivity contribution in [2.45, 2.75) is 56.5 Å². The summed E-state index contributed by atoms with van der Waals surface area (Å²) >= 11 is 5.42. The number of benzene rings is 2. The van der Waals surface area contributed by atoms with Gasteiger partial charge in [0.2, 0.25) is 5.78 Å². The summed E-state index contributed by atoms with van der Waals surface area (Å²) < 4.78 is 72.7. The molecule has 0 bridgehead atoms. The first-order valence-electron chi connectivity index (χ1n) is 21.4. The Hall–Kier alpha value is -6.23. The molecule has 2 unspecified atom stereocenters. The van der Waals surface area contributed by atoms with Gasteiger partial charge in [0.15, 0.2) is 40.5 Å². The zero-order chi connectivity index (χ0) is 48.0. The highest BCUT2D eigenvalue weighted by molar-refractivity contribution is 8.07. The van der Waals surface area contributed by atoms with Crippen molar-refractivity contribution in [1.29, 1.82) is 5.26 Å². The molecule has 2 aromatic carbocycles. The fraction of sp³-hybridized carbons (Fsp3) is 0.366. The molecule has 2 N–H and O–H groups in total. The first-order chi connectivity index (χ1) is 33.3. The lowest BCUT2D eigenvalue weighted by atomic mass is 9.70. The molecular formula is C41H39FN12O12P2S. The second-order valence-corrected chi connectivity index (χ2v) is 20.8. The average Bonchev–Trinajstić information content (AvgIpc) is 4.13. The third kappa shape index (κ3) is 9.21. The van der Waals surface area contributed by atoms with Gasteiger partial charge in [0.25, 0.3) is 17.2 Å². The number of alkyl halides is 1. The van der Waals surface area contributed by atoms with Crippen LogP contribution >= 0.6 is 14.5 Å². The summed E-state index contributed by atoms with van der Waals surface area (Å²) in [5.41, 5.74) is 1.25. The van der Waals surface area contributed by atoms with Crippen molar-refractivity contribution in [2.24, 2.45) is 11.8 Å². The van der Waals surface area contributed by atoms with Gasteiger partial charge < -0.3 is 33.1 Å². The summed E-state index contributed by atoms with van der Waals surface area (Å²) in [5, 5.41) is 23.1. The Kier molecular flexibility index (Phi) is 12.8. The van der Waals surface area contributed by atoms with Crippen molar-refractivity contribution in [3.8, 4) is 6.07 Å². The van der Waals surface area contributed by atoms with E-state index in [4.69, 9.17) is 44.1 Å². The molecule has 1 aliphatic carbocycles. The maximum absolute atomic E-state index is 16.9. The minimum absolute atomic E-state index is 0.0262. The van der Waals surface area contributed by atoms with Crippen LogP contribution in [-0.2, 0) is 56.7 Å². The van der Waals surface area contributed by atoms with E-state index < -0.39 is 86.6 Å². The summed E-state index contributed by atoms with van der Waals surface area (Å²) in [5.74, 6) is -1.14. The van der Waals surface area contributed by atoms with E-state index in [-0.39, 0.29) is 53.5 Å². The Balaban J connectivity index is 0.897. The number of anilines is 1. The minimum Gasteiger partial charge on any atom is -0.346 e. The summed E-state index contributed by atoms with van der Waals surface area (Å²) in [6.45, 7) is -5.24. The van der Waals surface area contributed by atoms with Gasteiger partial charge in [0, 0.05) is 48.6 Å². The number of aryl methyl sites for hydroxylation is 2. The van der Waals surface area contributed by atoms with Gasteiger partial charge in [-0.25, -0.2) is 33.3 Å². The number of imidazole rings is 3. The van der Waals surface area contributed by atoms with E-state index in [0.29, 0.717) is 30.7 Å². The first-order valence-corrected chi connectivity index (χ1v) is 25.4. The first kappa shape index (κ1) is 46.5. The molecule has 5 aromatic heterocycles. The number of phosphoric acid groups is 1. The van der Waals surface area contributed by atoms with E-state index in [1.165, 1.54) is 33.8 Å². The standard InChI is InChI=1S/C41H39FN12O12P2S/c42-31-34-30(65-40(31)53-23-46-32-35(44-21-45-36(32)53)48-38(55)25-5-2-1-3-6-25)20-64-68(60,69)63-19-28-26(18-62-67(59,66-34)61-16-4-12-43)17-29(28)52-22-47-33-37(52)49-41-50(14-15-51(41)39(33)56)13-11-24-7-9-27(10-8-24)54(57)58/h1-3,5-10,14-15,21-23,26,28-31,34,40H,4,11,13,16-20H2,(H,60,69)(H,44,45,48,55)/t26-,28-,29-,30-,31-,34-,40-,67?,68?/m1/s1. The number of hydrogen-bond donors (Lipinski definition) is 2. The van der Waals surface area contributed by atoms with Crippen LogP contribution < -0.4 is 10.9 Å². The molecule has 1 amide bonds. The van der Waals surface area contributed by atoms with E-state index in [9.17, 15) is 34.4 Å². The van der Waals surface area contributed by atoms with Crippen LogP contribution in [0.15, 0.2) is 90.8 Å². The van der Waals surface area contributed by atoms with E-state index in [1.807, 2.05) is 6.07 Å². The molecule has 3 fully saturated rings. The smallest absolute Gasteiger partial charge is 0.346 e. The predicted octanol–water partition coefficient (Wildman–Crippen LogP) is 5.21. The Labute approximate surface area is 393 Å². The zero-order valence-corrected chi connectivity index (χ0v) is 38.4. The summed E-state index contributed by atoms with van der Waals surface area (Å²) in [6.07, 6.45) is 0.862. The van der Waals surface area contributed by atoms with Gasteiger partial charge in [-0.05, 0) is 48.3 Å². The zero-order valence-electron chi connectivity index (χ0n) is 35.8. The molecule has 28 heteroatoms. The quantitative estimate of drug-likeness (QED) is 0.0728. The summed E-state index contributed by atoms with van der Waals surface area (Å²) in [6, 6.07) is 16.0. The number of nitrogens with one attached hydrogen (secondary N) is 1. The predicted molar refractivity (Wildman–Crippen MR) is 242 cm³/mol. The van der Waals surface area contributed by atoms with Gasteiger partial charge in [0.05, 0.1) is 56.5 Å². The number of phosphoric ester groups is 1. The lowest BCUT2D eigenvalue weighted by Crippen LogP contribution is -2.43. The lowest BCUT2D eigenvalue weighted by molar-refractivity contribution is -0.384. The van der Waals surface area contributed by atoms with Crippen LogP contribution in [0.5, 0.6) is 0 Å².